The smallest absolute Gasteiger partial charge is 0.318 e. The summed E-state index contributed by atoms with van der Waals surface area (Å²) in [5, 5.41) is 0. The molecule has 1 fully saturated rings. The van der Waals surface area contributed by atoms with Gasteiger partial charge in [0, 0.05) is 31.7 Å². The molecule has 1 unspecified atom stereocenters. The Morgan fingerprint density at radius 1 is 0.967 bits per heavy atom. The molecule has 1 aliphatic heterocycles. The molecule has 2 aromatic carbocycles. The van der Waals surface area contributed by atoms with Crippen LogP contribution >= 0.6 is 0 Å². The van der Waals surface area contributed by atoms with E-state index in [-0.39, 0.29) is 17.8 Å². The van der Waals surface area contributed by atoms with Crippen molar-refractivity contribution in [1.82, 2.24) is 9.80 Å². The van der Waals surface area contributed by atoms with Crippen LogP contribution in [0.25, 0.3) is 0 Å². The lowest BCUT2D eigenvalue weighted by atomic mass is 9.83. The average molecular weight is 408 g/mol. The summed E-state index contributed by atoms with van der Waals surface area (Å²) < 4.78 is 11.0. The van der Waals surface area contributed by atoms with Gasteiger partial charge in [-0.2, -0.15) is 0 Å². The molecule has 1 atom stereocenters. The minimum atomic E-state index is -0.272. The lowest BCUT2D eigenvalue weighted by Crippen LogP contribution is -2.47. The van der Waals surface area contributed by atoms with Crippen molar-refractivity contribution in [1.29, 1.82) is 0 Å². The van der Waals surface area contributed by atoms with Crippen LogP contribution in [-0.2, 0) is 11.2 Å². The number of methoxy groups -OCH3 is 1. The quantitative estimate of drug-likeness (QED) is 0.575. The van der Waals surface area contributed by atoms with Crippen molar-refractivity contribution in [3.63, 3.8) is 0 Å². The van der Waals surface area contributed by atoms with Crippen molar-refractivity contribution in [3.8, 4) is 11.5 Å². The first-order chi connectivity index (χ1) is 14.5. The summed E-state index contributed by atoms with van der Waals surface area (Å²) in [5.74, 6) is 0.778. The molecule has 1 heterocycles. The Bertz CT molecular complexity index is 917. The van der Waals surface area contributed by atoms with Crippen LogP contribution < -0.4 is 9.47 Å². The molecule has 0 bridgehead atoms. The second-order valence-corrected chi connectivity index (χ2v) is 8.05. The Morgan fingerprint density at radius 2 is 1.67 bits per heavy atom. The highest BCUT2D eigenvalue weighted by Crippen LogP contribution is 2.35. The van der Waals surface area contributed by atoms with Gasteiger partial charge in [-0.15, -0.1) is 0 Å². The summed E-state index contributed by atoms with van der Waals surface area (Å²) in [6.45, 7) is 3.24. The maximum Gasteiger partial charge on any atom is 0.318 e. The summed E-state index contributed by atoms with van der Waals surface area (Å²) in [5.41, 5.74) is 2.79. The van der Waals surface area contributed by atoms with Crippen LogP contribution in [0.2, 0.25) is 0 Å². The van der Waals surface area contributed by atoms with Gasteiger partial charge in [0.05, 0.1) is 13.0 Å². The maximum atomic E-state index is 12.8. The minimum absolute atomic E-state index is 0.0242. The highest BCUT2D eigenvalue weighted by Gasteiger charge is 2.28. The van der Waals surface area contributed by atoms with Crippen LogP contribution in [0.5, 0.6) is 11.5 Å². The van der Waals surface area contributed by atoms with Crippen LogP contribution in [0.15, 0.2) is 42.5 Å². The number of benzene rings is 2. The predicted octanol–water partition coefficient (Wildman–Crippen LogP) is 3.11. The number of carbonyl (C=O) groups excluding carboxylic acids is 2. The Balaban J connectivity index is 1.42. The molecule has 6 heteroatoms. The molecule has 6 nitrogen and oxygen atoms in total. The molecule has 0 N–H and O–H groups in total. The van der Waals surface area contributed by atoms with Crippen LogP contribution in [-0.4, -0.2) is 62.0 Å². The molecule has 2 aromatic rings. The number of nitrogens with zero attached hydrogens (tertiary/aromatic N) is 2. The zero-order valence-electron chi connectivity index (χ0n) is 17.6. The van der Waals surface area contributed by atoms with E-state index in [0.717, 1.165) is 62.3 Å². The van der Waals surface area contributed by atoms with E-state index in [4.69, 9.17) is 9.47 Å². The number of piperazine rings is 1. The molecule has 1 amide bonds. The highest BCUT2D eigenvalue weighted by atomic mass is 16.5. The molecule has 158 valence electrons. The van der Waals surface area contributed by atoms with Crippen molar-refractivity contribution in [2.75, 3.05) is 40.3 Å². The fourth-order valence-electron chi connectivity index (χ4n) is 4.21. The Labute approximate surface area is 177 Å². The number of hydrogen-bond donors (Lipinski definition) is 0. The monoisotopic (exact) mass is 408 g/mol. The number of likely N-dealkylation sites (N-methyl/N-ethyl adjacent to an activating group) is 1. The van der Waals surface area contributed by atoms with Gasteiger partial charge in [0.1, 0.15) is 11.5 Å². The molecule has 0 radical (unpaired) electrons. The zero-order valence-corrected chi connectivity index (χ0v) is 17.6. The van der Waals surface area contributed by atoms with Crippen LogP contribution in [0.3, 0.4) is 0 Å². The van der Waals surface area contributed by atoms with Gasteiger partial charge in [-0.25, -0.2) is 0 Å². The van der Waals surface area contributed by atoms with Gasteiger partial charge in [0.2, 0.25) is 0 Å². The fraction of sp³-hybridized carbons (Fsp3) is 0.417. The third kappa shape index (κ3) is 4.33. The van der Waals surface area contributed by atoms with Crippen molar-refractivity contribution in [2.24, 2.45) is 0 Å². The predicted molar refractivity (Wildman–Crippen MR) is 114 cm³/mol. The number of rotatable bonds is 4. The summed E-state index contributed by atoms with van der Waals surface area (Å²) >= 11 is 0. The van der Waals surface area contributed by atoms with Gasteiger partial charge >= 0.3 is 5.97 Å². The Hall–Kier alpha value is -2.86. The first kappa shape index (κ1) is 20.4. The van der Waals surface area contributed by atoms with Crippen LogP contribution in [0.1, 0.15) is 40.2 Å². The van der Waals surface area contributed by atoms with Crippen molar-refractivity contribution < 1.29 is 19.1 Å². The SMILES string of the molecule is COc1ccc2c(c1)CCCC2C(=O)Oc1ccc(C(=O)N2CCN(C)CC2)cc1. The number of fused-ring (bicyclic) bond motifs is 1. The Morgan fingerprint density at radius 3 is 2.37 bits per heavy atom. The van der Waals surface area contributed by atoms with Crippen molar-refractivity contribution >= 4 is 11.9 Å². The largest absolute Gasteiger partial charge is 0.497 e. The molecule has 0 aromatic heterocycles. The molecule has 2 aliphatic rings. The van der Waals surface area contributed by atoms with Gasteiger partial charge in [-0.3, -0.25) is 9.59 Å². The summed E-state index contributed by atoms with van der Waals surface area (Å²) in [7, 11) is 3.71. The topological polar surface area (TPSA) is 59.1 Å². The lowest BCUT2D eigenvalue weighted by Gasteiger charge is -2.32. The molecule has 1 saturated heterocycles. The van der Waals surface area contributed by atoms with E-state index in [1.165, 1.54) is 0 Å². The van der Waals surface area contributed by atoms with Crippen molar-refractivity contribution in [2.45, 2.75) is 25.2 Å². The van der Waals surface area contributed by atoms with E-state index in [2.05, 4.69) is 11.9 Å². The Kier molecular flexibility index (Phi) is 6.04. The second-order valence-electron chi connectivity index (χ2n) is 8.05. The molecular weight excluding hydrogens is 380 g/mol. The number of hydrogen-bond acceptors (Lipinski definition) is 5. The van der Waals surface area contributed by atoms with Gasteiger partial charge in [-0.05, 0) is 73.8 Å². The third-order valence-corrected chi connectivity index (χ3v) is 6.06. The van der Waals surface area contributed by atoms with Crippen LogP contribution in [0, 0.1) is 0 Å². The maximum absolute atomic E-state index is 12.8. The molecule has 30 heavy (non-hydrogen) atoms. The highest BCUT2D eigenvalue weighted by molar-refractivity contribution is 5.94. The van der Waals surface area contributed by atoms with Gasteiger partial charge in [0.25, 0.3) is 5.91 Å². The van der Waals surface area contributed by atoms with E-state index < -0.39 is 0 Å². The van der Waals surface area contributed by atoms with E-state index in [1.54, 1.807) is 31.4 Å². The molecule has 0 spiro atoms. The van der Waals surface area contributed by atoms with Crippen LogP contribution in [0.4, 0.5) is 0 Å². The van der Waals surface area contributed by atoms with E-state index in [0.29, 0.717) is 11.3 Å². The lowest BCUT2D eigenvalue weighted by molar-refractivity contribution is -0.136. The molecule has 4 rings (SSSR count). The third-order valence-electron chi connectivity index (χ3n) is 6.06. The number of esters is 1. The standard InChI is InChI=1S/C24H28N2O4/c1-25-12-14-26(15-13-25)23(27)17-6-8-19(9-7-17)30-24(28)22-5-3-4-18-16-20(29-2)10-11-21(18)22/h6-11,16,22H,3-5,12-15H2,1-2H3. The summed E-state index contributed by atoms with van der Waals surface area (Å²) in [6.07, 6.45) is 2.66. The molecular formula is C24H28N2O4. The van der Waals surface area contributed by atoms with Crippen molar-refractivity contribution in [3.05, 3.63) is 59.2 Å². The van der Waals surface area contributed by atoms with E-state index in [1.807, 2.05) is 23.1 Å². The number of amides is 1. The van der Waals surface area contributed by atoms with E-state index in [9.17, 15) is 9.59 Å². The van der Waals surface area contributed by atoms with E-state index >= 15 is 0 Å². The number of ether oxygens (including phenoxy) is 2. The summed E-state index contributed by atoms with van der Waals surface area (Å²) in [4.78, 5) is 29.6. The summed E-state index contributed by atoms with van der Waals surface area (Å²) in [6, 6.07) is 12.8. The second kappa shape index (κ2) is 8.88. The van der Waals surface area contributed by atoms with Gasteiger partial charge < -0.3 is 19.3 Å². The normalized spacial score (nSPS) is 19.1. The molecule has 1 aliphatic carbocycles. The zero-order chi connectivity index (χ0) is 21.1. The number of aryl methyl sites for hydroxylation is 1. The minimum Gasteiger partial charge on any atom is -0.497 e. The van der Waals surface area contributed by atoms with Gasteiger partial charge in [0.15, 0.2) is 0 Å². The molecule has 0 saturated carbocycles. The number of carbonyl (C=O) groups is 2. The average Bonchev–Trinajstić information content (AvgIpc) is 2.78. The first-order valence-electron chi connectivity index (χ1n) is 10.5. The first-order valence-corrected chi connectivity index (χ1v) is 10.5. The fourth-order valence-corrected chi connectivity index (χ4v) is 4.21. The van der Waals surface area contributed by atoms with Gasteiger partial charge in [-0.1, -0.05) is 6.07 Å².